The molecule has 1 N–H and O–H groups in total. The number of aliphatic carboxylic acids is 1. The van der Waals surface area contributed by atoms with Crippen LogP contribution in [0.5, 0.6) is 0 Å². The Balaban J connectivity index is 2.01. The number of urea groups is 1. The molecule has 1 aliphatic heterocycles. The van der Waals surface area contributed by atoms with E-state index in [0.29, 0.717) is 19.5 Å². The first-order chi connectivity index (χ1) is 9.09. The van der Waals surface area contributed by atoms with Crippen molar-refractivity contribution < 1.29 is 14.7 Å². The van der Waals surface area contributed by atoms with Crippen molar-refractivity contribution in [2.45, 2.75) is 25.4 Å². The van der Waals surface area contributed by atoms with E-state index in [2.05, 4.69) is 4.98 Å². The monoisotopic (exact) mass is 263 g/mol. The summed E-state index contributed by atoms with van der Waals surface area (Å²) < 4.78 is 0. The topological polar surface area (TPSA) is 73.7 Å². The van der Waals surface area contributed by atoms with E-state index in [1.54, 1.807) is 19.4 Å². The standard InChI is InChI=1S/C13H17N3O3/c1-15(9-10-4-2-6-14-8-10)13(19)16-7-3-5-11(16)12(17)18/h2,4,6,8,11H,3,5,7,9H2,1H3,(H,17,18). The number of carbonyl (C=O) groups excluding carboxylic acids is 1. The highest BCUT2D eigenvalue weighted by molar-refractivity contribution is 5.83. The Morgan fingerprint density at radius 1 is 1.58 bits per heavy atom. The fourth-order valence-electron chi connectivity index (χ4n) is 2.30. The molecule has 6 nitrogen and oxygen atoms in total. The molecule has 0 radical (unpaired) electrons. The van der Waals surface area contributed by atoms with E-state index in [1.807, 2.05) is 12.1 Å². The number of hydrogen-bond acceptors (Lipinski definition) is 3. The van der Waals surface area contributed by atoms with Crippen LogP contribution in [0.2, 0.25) is 0 Å². The summed E-state index contributed by atoms with van der Waals surface area (Å²) in [5, 5.41) is 9.08. The summed E-state index contributed by atoms with van der Waals surface area (Å²) in [5.41, 5.74) is 0.921. The van der Waals surface area contributed by atoms with Crippen molar-refractivity contribution in [2.24, 2.45) is 0 Å². The van der Waals surface area contributed by atoms with Gasteiger partial charge in [-0.2, -0.15) is 0 Å². The highest BCUT2D eigenvalue weighted by atomic mass is 16.4. The first-order valence-corrected chi connectivity index (χ1v) is 6.23. The predicted molar refractivity (Wildman–Crippen MR) is 68.5 cm³/mol. The molecule has 0 spiro atoms. The molecule has 0 saturated carbocycles. The minimum absolute atomic E-state index is 0.242. The SMILES string of the molecule is CN(Cc1cccnc1)C(=O)N1CCCC1C(=O)O. The molecule has 0 aliphatic carbocycles. The Labute approximate surface area is 111 Å². The van der Waals surface area contributed by atoms with Crippen molar-refractivity contribution in [3.05, 3.63) is 30.1 Å². The second-order valence-corrected chi connectivity index (χ2v) is 4.69. The van der Waals surface area contributed by atoms with Gasteiger partial charge in [0.15, 0.2) is 0 Å². The number of carbonyl (C=O) groups is 2. The van der Waals surface area contributed by atoms with E-state index in [9.17, 15) is 9.59 Å². The van der Waals surface area contributed by atoms with Gasteiger partial charge in [-0.05, 0) is 24.5 Å². The summed E-state index contributed by atoms with van der Waals surface area (Å²) in [5.74, 6) is -0.930. The van der Waals surface area contributed by atoms with Crippen LogP contribution in [0.3, 0.4) is 0 Å². The van der Waals surface area contributed by atoms with Crippen LogP contribution in [0.4, 0.5) is 4.79 Å². The molecule has 1 saturated heterocycles. The van der Waals surface area contributed by atoms with Gasteiger partial charge in [0.25, 0.3) is 0 Å². The first-order valence-electron chi connectivity index (χ1n) is 6.23. The maximum absolute atomic E-state index is 12.2. The van der Waals surface area contributed by atoms with Crippen molar-refractivity contribution in [2.75, 3.05) is 13.6 Å². The lowest BCUT2D eigenvalue weighted by Gasteiger charge is -2.27. The summed E-state index contributed by atoms with van der Waals surface area (Å²) in [4.78, 5) is 30.3. The molecule has 1 aromatic rings. The number of pyridine rings is 1. The minimum atomic E-state index is -0.930. The van der Waals surface area contributed by atoms with Gasteiger partial charge in [0.05, 0.1) is 0 Å². The Morgan fingerprint density at radius 2 is 2.37 bits per heavy atom. The van der Waals surface area contributed by atoms with Gasteiger partial charge in [0.1, 0.15) is 6.04 Å². The zero-order chi connectivity index (χ0) is 13.8. The average Bonchev–Trinajstić information content (AvgIpc) is 2.88. The fourth-order valence-corrected chi connectivity index (χ4v) is 2.30. The summed E-state index contributed by atoms with van der Waals surface area (Å²) >= 11 is 0. The fraction of sp³-hybridized carbons (Fsp3) is 0.462. The van der Waals surface area contributed by atoms with Crippen molar-refractivity contribution in [1.29, 1.82) is 0 Å². The average molecular weight is 263 g/mol. The van der Waals surface area contributed by atoms with E-state index >= 15 is 0 Å². The van der Waals surface area contributed by atoms with Crippen molar-refractivity contribution in [1.82, 2.24) is 14.8 Å². The third-order valence-corrected chi connectivity index (χ3v) is 3.25. The van der Waals surface area contributed by atoms with Gasteiger partial charge in [-0.25, -0.2) is 9.59 Å². The van der Waals surface area contributed by atoms with Gasteiger partial charge in [0.2, 0.25) is 0 Å². The molecule has 1 aliphatic rings. The van der Waals surface area contributed by atoms with Crippen LogP contribution in [-0.4, -0.2) is 51.5 Å². The number of carboxylic acids is 1. The minimum Gasteiger partial charge on any atom is -0.480 e. The van der Waals surface area contributed by atoms with Gasteiger partial charge in [-0.15, -0.1) is 0 Å². The van der Waals surface area contributed by atoms with Gasteiger partial charge >= 0.3 is 12.0 Å². The van der Waals surface area contributed by atoms with Crippen molar-refractivity contribution in [3.8, 4) is 0 Å². The second-order valence-electron chi connectivity index (χ2n) is 4.69. The molecule has 1 fully saturated rings. The van der Waals surface area contributed by atoms with Crippen LogP contribution >= 0.6 is 0 Å². The molecule has 2 rings (SSSR count). The van der Waals surface area contributed by atoms with Crippen molar-refractivity contribution in [3.63, 3.8) is 0 Å². The Kier molecular flexibility index (Phi) is 3.99. The molecule has 1 atom stereocenters. The number of aromatic nitrogens is 1. The van der Waals surface area contributed by atoms with Gasteiger partial charge in [-0.3, -0.25) is 4.98 Å². The van der Waals surface area contributed by atoms with E-state index in [0.717, 1.165) is 12.0 Å². The number of likely N-dealkylation sites (tertiary alicyclic amines) is 1. The molecule has 102 valence electrons. The number of carboxylic acid groups (broad SMARTS) is 1. The maximum atomic E-state index is 12.2. The highest BCUT2D eigenvalue weighted by Gasteiger charge is 2.35. The molecule has 0 bridgehead atoms. The number of nitrogens with zero attached hydrogens (tertiary/aromatic N) is 3. The largest absolute Gasteiger partial charge is 0.480 e. The third-order valence-electron chi connectivity index (χ3n) is 3.25. The van der Waals surface area contributed by atoms with Crippen LogP contribution < -0.4 is 0 Å². The van der Waals surface area contributed by atoms with Gasteiger partial charge in [-0.1, -0.05) is 6.07 Å². The summed E-state index contributed by atoms with van der Waals surface area (Å²) in [6.45, 7) is 0.933. The van der Waals surface area contributed by atoms with Crippen LogP contribution in [-0.2, 0) is 11.3 Å². The molecule has 2 amide bonds. The zero-order valence-electron chi connectivity index (χ0n) is 10.8. The molecule has 1 aromatic heterocycles. The highest BCUT2D eigenvalue weighted by Crippen LogP contribution is 2.19. The lowest BCUT2D eigenvalue weighted by atomic mass is 10.2. The normalized spacial score (nSPS) is 18.4. The Morgan fingerprint density at radius 3 is 3.00 bits per heavy atom. The number of hydrogen-bond donors (Lipinski definition) is 1. The quantitative estimate of drug-likeness (QED) is 0.888. The first kappa shape index (κ1) is 13.3. The molecular weight excluding hydrogens is 246 g/mol. The van der Waals surface area contributed by atoms with Crippen molar-refractivity contribution >= 4 is 12.0 Å². The number of rotatable bonds is 3. The number of amides is 2. The molecule has 0 aromatic carbocycles. The smallest absolute Gasteiger partial charge is 0.326 e. The van der Waals surface area contributed by atoms with Gasteiger partial charge in [0, 0.05) is 32.5 Å². The summed E-state index contributed by atoms with van der Waals surface area (Å²) in [6, 6.07) is 2.76. The molecule has 2 heterocycles. The maximum Gasteiger partial charge on any atom is 0.326 e. The Bertz CT molecular complexity index is 463. The molecular formula is C13H17N3O3. The molecule has 1 unspecified atom stereocenters. The zero-order valence-corrected chi connectivity index (χ0v) is 10.8. The van der Waals surface area contributed by atoms with Crippen LogP contribution in [0, 0.1) is 0 Å². The predicted octanol–water partition coefficient (Wildman–Crippen LogP) is 1.18. The van der Waals surface area contributed by atoms with E-state index in [-0.39, 0.29) is 6.03 Å². The molecule has 6 heteroatoms. The summed E-state index contributed by atoms with van der Waals surface area (Å²) in [7, 11) is 1.67. The van der Waals surface area contributed by atoms with E-state index < -0.39 is 12.0 Å². The van der Waals surface area contributed by atoms with Crippen LogP contribution in [0.15, 0.2) is 24.5 Å². The lowest BCUT2D eigenvalue weighted by Crippen LogP contribution is -2.46. The van der Waals surface area contributed by atoms with Crippen LogP contribution in [0.25, 0.3) is 0 Å². The lowest BCUT2D eigenvalue weighted by molar-refractivity contribution is -0.141. The third kappa shape index (κ3) is 3.01. The second kappa shape index (κ2) is 5.69. The molecule has 19 heavy (non-hydrogen) atoms. The van der Waals surface area contributed by atoms with E-state index in [4.69, 9.17) is 5.11 Å². The Hall–Kier alpha value is -2.11. The summed E-state index contributed by atoms with van der Waals surface area (Å²) in [6.07, 6.45) is 4.64. The van der Waals surface area contributed by atoms with Crippen LogP contribution in [0.1, 0.15) is 18.4 Å². The van der Waals surface area contributed by atoms with Gasteiger partial charge < -0.3 is 14.9 Å². The van der Waals surface area contributed by atoms with E-state index in [1.165, 1.54) is 9.80 Å².